The first-order chi connectivity index (χ1) is 12.2. The van der Waals surface area contributed by atoms with Gasteiger partial charge in [0.05, 0.1) is 19.3 Å². The summed E-state index contributed by atoms with van der Waals surface area (Å²) in [5.41, 5.74) is 1.04. The topological polar surface area (TPSA) is 81.7 Å². The third-order valence-corrected chi connectivity index (χ3v) is 4.20. The van der Waals surface area contributed by atoms with Crippen molar-refractivity contribution in [2.75, 3.05) is 32.8 Å². The number of aliphatic hydroxyl groups is 1. The largest absolute Gasteiger partial charge is 0.390 e. The molecule has 1 fully saturated rings. The van der Waals surface area contributed by atoms with Gasteiger partial charge in [0.1, 0.15) is 12.4 Å². The molecule has 3 rings (SSSR count). The van der Waals surface area contributed by atoms with E-state index in [1.54, 1.807) is 17.3 Å². The minimum atomic E-state index is -0.574. The van der Waals surface area contributed by atoms with Crippen molar-refractivity contribution in [3.05, 3.63) is 54.1 Å². The van der Waals surface area contributed by atoms with Crippen LogP contribution in [0.1, 0.15) is 11.4 Å². The molecule has 1 aliphatic heterocycles. The first-order valence-corrected chi connectivity index (χ1v) is 8.49. The summed E-state index contributed by atoms with van der Waals surface area (Å²) < 4.78 is 5.52. The number of hydrogen-bond acceptors (Lipinski definition) is 5. The second kappa shape index (κ2) is 8.75. The Kier molecular flexibility index (Phi) is 6.16. The van der Waals surface area contributed by atoms with Gasteiger partial charge in [-0.1, -0.05) is 30.3 Å². The van der Waals surface area contributed by atoms with Gasteiger partial charge in [-0.2, -0.15) is 0 Å². The molecule has 1 unspecified atom stereocenters. The number of β-amino-alcohol motifs (C(OH)–C–C–N with tert-alkyl or cyclic N) is 1. The molecule has 7 heteroatoms. The van der Waals surface area contributed by atoms with Gasteiger partial charge in [-0.05, 0) is 5.56 Å². The highest BCUT2D eigenvalue weighted by atomic mass is 16.5. The lowest BCUT2D eigenvalue weighted by molar-refractivity contribution is -0.137. The summed E-state index contributed by atoms with van der Waals surface area (Å²) in [5, 5.41) is 10.2. The molecule has 1 atom stereocenters. The lowest BCUT2D eigenvalue weighted by Crippen LogP contribution is -2.39. The summed E-state index contributed by atoms with van der Waals surface area (Å²) in [5.74, 6) is 0.771. The number of rotatable bonds is 6. The zero-order chi connectivity index (χ0) is 17.5. The number of aliphatic hydroxyl groups excluding tert-OH is 1. The fraction of sp³-hybridized carbons (Fsp3) is 0.444. The lowest BCUT2D eigenvalue weighted by atomic mass is 10.2. The number of aromatic amines is 1. The van der Waals surface area contributed by atoms with Crippen LogP contribution in [0.5, 0.6) is 0 Å². The summed E-state index contributed by atoms with van der Waals surface area (Å²) >= 11 is 0. The normalized spacial score (nSPS) is 18.9. The highest BCUT2D eigenvalue weighted by molar-refractivity contribution is 5.77. The monoisotopic (exact) mass is 344 g/mol. The van der Waals surface area contributed by atoms with Gasteiger partial charge < -0.3 is 19.7 Å². The molecule has 0 radical (unpaired) electrons. The lowest BCUT2D eigenvalue weighted by Gasteiger charge is -2.21. The number of H-pyrrole nitrogens is 1. The zero-order valence-electron chi connectivity index (χ0n) is 14.2. The summed E-state index contributed by atoms with van der Waals surface area (Å²) in [4.78, 5) is 23.4. The smallest absolute Gasteiger partial charge is 0.248 e. The van der Waals surface area contributed by atoms with Crippen LogP contribution in [-0.4, -0.2) is 69.7 Å². The van der Waals surface area contributed by atoms with E-state index in [4.69, 9.17) is 4.74 Å². The maximum Gasteiger partial charge on any atom is 0.248 e. The van der Waals surface area contributed by atoms with Crippen LogP contribution in [-0.2, 0) is 22.7 Å². The minimum absolute atomic E-state index is 0.0276. The molecule has 2 aromatic rings. The molecule has 0 bridgehead atoms. The van der Waals surface area contributed by atoms with E-state index in [2.05, 4.69) is 14.9 Å². The quantitative estimate of drug-likeness (QED) is 0.803. The number of aromatic nitrogens is 2. The molecule has 1 aromatic carbocycles. The number of hydrogen-bond donors (Lipinski definition) is 2. The van der Waals surface area contributed by atoms with E-state index < -0.39 is 6.10 Å². The molecule has 0 spiro atoms. The number of ether oxygens (including phenoxy) is 1. The van der Waals surface area contributed by atoms with Crippen molar-refractivity contribution in [3.8, 4) is 0 Å². The van der Waals surface area contributed by atoms with Gasteiger partial charge >= 0.3 is 0 Å². The fourth-order valence-corrected chi connectivity index (χ4v) is 2.94. The van der Waals surface area contributed by atoms with Crippen molar-refractivity contribution in [1.29, 1.82) is 0 Å². The van der Waals surface area contributed by atoms with Crippen molar-refractivity contribution in [3.63, 3.8) is 0 Å². The molecule has 0 saturated carbocycles. The third kappa shape index (κ3) is 5.38. The molecule has 1 saturated heterocycles. The van der Waals surface area contributed by atoms with Crippen LogP contribution >= 0.6 is 0 Å². The Morgan fingerprint density at radius 1 is 1.28 bits per heavy atom. The third-order valence-electron chi connectivity index (χ3n) is 4.20. The minimum Gasteiger partial charge on any atom is -0.390 e. The first-order valence-electron chi connectivity index (χ1n) is 8.49. The second-order valence-corrected chi connectivity index (χ2v) is 6.24. The van der Waals surface area contributed by atoms with Crippen molar-refractivity contribution in [2.45, 2.75) is 19.3 Å². The number of imidazole rings is 1. The molecule has 25 heavy (non-hydrogen) atoms. The van der Waals surface area contributed by atoms with Crippen molar-refractivity contribution in [1.82, 2.24) is 19.8 Å². The van der Waals surface area contributed by atoms with Gasteiger partial charge in [-0.25, -0.2) is 4.98 Å². The molecule has 1 aliphatic rings. The standard InChI is InChI=1S/C18H24N4O3/c23-16-10-21(12-17-19-6-7-20-17)8-9-22(11-16)18(24)14-25-13-15-4-2-1-3-5-15/h1-7,16,23H,8-14H2,(H,19,20). The molecule has 7 nitrogen and oxygen atoms in total. The van der Waals surface area contributed by atoms with Crippen LogP contribution < -0.4 is 0 Å². The van der Waals surface area contributed by atoms with Crippen molar-refractivity contribution >= 4 is 5.91 Å². The summed E-state index contributed by atoms with van der Waals surface area (Å²) in [6.07, 6.45) is 2.92. The van der Waals surface area contributed by atoms with Crippen molar-refractivity contribution < 1.29 is 14.6 Å². The molecule has 1 amide bonds. The van der Waals surface area contributed by atoms with E-state index in [1.165, 1.54) is 0 Å². The average Bonchev–Trinajstić information content (AvgIpc) is 3.04. The van der Waals surface area contributed by atoms with Gasteiger partial charge in [0.15, 0.2) is 0 Å². The maximum absolute atomic E-state index is 12.4. The predicted octanol–water partition coefficient (Wildman–Crippen LogP) is 0.632. The first kappa shape index (κ1) is 17.6. The van der Waals surface area contributed by atoms with E-state index in [9.17, 15) is 9.90 Å². The Balaban J connectivity index is 1.46. The van der Waals surface area contributed by atoms with Crippen LogP contribution in [0, 0.1) is 0 Å². The predicted molar refractivity (Wildman–Crippen MR) is 92.5 cm³/mol. The maximum atomic E-state index is 12.4. The van der Waals surface area contributed by atoms with E-state index in [0.29, 0.717) is 39.3 Å². The van der Waals surface area contributed by atoms with E-state index in [-0.39, 0.29) is 12.5 Å². The highest BCUT2D eigenvalue weighted by Crippen LogP contribution is 2.08. The van der Waals surface area contributed by atoms with Crippen molar-refractivity contribution in [2.24, 2.45) is 0 Å². The molecular formula is C18H24N4O3. The number of nitrogens with zero attached hydrogens (tertiary/aromatic N) is 3. The van der Waals surface area contributed by atoms with Crippen LogP contribution in [0.25, 0.3) is 0 Å². The molecule has 0 aliphatic carbocycles. The second-order valence-electron chi connectivity index (χ2n) is 6.24. The number of nitrogens with one attached hydrogen (secondary N) is 1. The summed E-state index contributed by atoms with van der Waals surface area (Å²) in [6.45, 7) is 3.20. The summed E-state index contributed by atoms with van der Waals surface area (Å²) in [6, 6.07) is 9.76. The van der Waals surface area contributed by atoms with Crippen LogP contribution in [0.3, 0.4) is 0 Å². The molecule has 2 heterocycles. The van der Waals surface area contributed by atoms with E-state index in [1.807, 2.05) is 30.3 Å². The van der Waals surface area contributed by atoms with Crippen LogP contribution in [0.4, 0.5) is 0 Å². The molecule has 134 valence electrons. The SMILES string of the molecule is O=C(COCc1ccccc1)N1CCN(Cc2ncc[nH]2)CC(O)C1. The average molecular weight is 344 g/mol. The molecule has 2 N–H and O–H groups in total. The highest BCUT2D eigenvalue weighted by Gasteiger charge is 2.24. The van der Waals surface area contributed by atoms with Gasteiger partial charge in [0.25, 0.3) is 0 Å². The van der Waals surface area contributed by atoms with Gasteiger partial charge in [-0.3, -0.25) is 9.69 Å². The summed E-state index contributed by atoms with van der Waals surface area (Å²) in [7, 11) is 0. The van der Waals surface area contributed by atoms with Crippen LogP contribution in [0.2, 0.25) is 0 Å². The zero-order valence-corrected chi connectivity index (χ0v) is 14.2. The Morgan fingerprint density at radius 2 is 2.12 bits per heavy atom. The number of carbonyl (C=O) groups is 1. The molecular weight excluding hydrogens is 320 g/mol. The Hall–Kier alpha value is -2.22. The number of carbonyl (C=O) groups excluding carboxylic acids is 1. The Morgan fingerprint density at radius 3 is 2.88 bits per heavy atom. The fourth-order valence-electron chi connectivity index (χ4n) is 2.94. The Bertz CT molecular complexity index is 648. The number of benzene rings is 1. The van der Waals surface area contributed by atoms with Gasteiger partial charge in [-0.15, -0.1) is 0 Å². The van der Waals surface area contributed by atoms with Gasteiger partial charge in [0.2, 0.25) is 5.91 Å². The molecule has 1 aromatic heterocycles. The van der Waals surface area contributed by atoms with E-state index >= 15 is 0 Å². The van der Waals surface area contributed by atoms with Crippen LogP contribution in [0.15, 0.2) is 42.7 Å². The number of amides is 1. The van der Waals surface area contributed by atoms with Gasteiger partial charge in [0, 0.05) is 38.6 Å². The van der Waals surface area contributed by atoms with E-state index in [0.717, 1.165) is 11.4 Å². The Labute approximate surface area is 147 Å².